The lowest BCUT2D eigenvalue weighted by atomic mass is 10.0. The van der Waals surface area contributed by atoms with Crippen molar-refractivity contribution >= 4 is 28.5 Å². The van der Waals surface area contributed by atoms with Gasteiger partial charge in [-0.25, -0.2) is 4.98 Å². The van der Waals surface area contributed by atoms with Crippen molar-refractivity contribution < 1.29 is 13.8 Å². The van der Waals surface area contributed by atoms with E-state index in [0.29, 0.717) is 24.8 Å². The Labute approximate surface area is 196 Å². The maximum atomic E-state index is 5.66. The number of imidazole rings is 1. The highest BCUT2D eigenvalue weighted by Gasteiger charge is 2.20. The monoisotopic (exact) mass is 550 g/mol. The molecule has 0 radical (unpaired) electrons. The zero-order valence-electron chi connectivity index (χ0n) is 17.3. The highest BCUT2D eigenvalue weighted by molar-refractivity contribution is 14.2. The standard InChI is InChI=1S/C22H24IN4O3P/c1-15(25-20-13-28-14-20)18-6-3-17(4-7-18)5-8-21-11-19(26-29-21)12-27-10-9-24-22(27)16(2)30-31-23/h3-4,6-7,9-11,15-16,20,25,31H,12-14H2,1-2H3/t15?,16-/m0/s1. The summed E-state index contributed by atoms with van der Waals surface area (Å²) in [7, 11) is 0. The van der Waals surface area contributed by atoms with Gasteiger partial charge in [-0.1, -0.05) is 23.2 Å². The van der Waals surface area contributed by atoms with Crippen LogP contribution in [0.3, 0.4) is 0 Å². The highest BCUT2D eigenvalue weighted by atomic mass is 127. The molecule has 0 saturated carbocycles. The zero-order valence-corrected chi connectivity index (χ0v) is 20.5. The SMILES string of the molecule is CC(NC1COC1)c1ccc(C#Cc2cc(Cn3ccnc3[C@H](C)OPI)no2)cc1. The zero-order chi connectivity index (χ0) is 21.6. The molecular formula is C22H24IN4O3P. The second-order valence-corrected chi connectivity index (χ2v) is 9.14. The molecule has 1 fully saturated rings. The molecule has 2 unspecified atom stereocenters. The highest BCUT2D eigenvalue weighted by Crippen LogP contribution is 2.31. The number of aromatic nitrogens is 3. The van der Waals surface area contributed by atoms with Crippen molar-refractivity contribution in [2.45, 2.75) is 38.6 Å². The summed E-state index contributed by atoms with van der Waals surface area (Å²) in [5.41, 5.74) is 2.96. The topological polar surface area (TPSA) is 74.3 Å². The molecule has 162 valence electrons. The average molecular weight is 550 g/mol. The smallest absolute Gasteiger partial charge is 0.210 e. The summed E-state index contributed by atoms with van der Waals surface area (Å²) in [5.74, 6) is 7.61. The number of ether oxygens (including phenoxy) is 1. The van der Waals surface area contributed by atoms with Gasteiger partial charge in [0.05, 0.1) is 32.3 Å². The van der Waals surface area contributed by atoms with Crippen molar-refractivity contribution in [3.8, 4) is 11.8 Å². The van der Waals surface area contributed by atoms with Crippen LogP contribution in [0.15, 0.2) is 47.2 Å². The van der Waals surface area contributed by atoms with Gasteiger partial charge in [0, 0.05) is 30.1 Å². The lowest BCUT2D eigenvalue weighted by molar-refractivity contribution is -0.00925. The van der Waals surface area contributed by atoms with E-state index in [-0.39, 0.29) is 12.1 Å². The summed E-state index contributed by atoms with van der Waals surface area (Å²) >= 11 is 2.21. The first-order chi connectivity index (χ1) is 15.1. The Morgan fingerprint density at radius 2 is 2.10 bits per heavy atom. The van der Waals surface area contributed by atoms with Crippen molar-refractivity contribution in [3.63, 3.8) is 0 Å². The fourth-order valence-corrected chi connectivity index (χ4v) is 4.71. The molecule has 0 spiro atoms. The first-order valence-corrected chi connectivity index (χ1v) is 14.1. The molecule has 1 aromatic carbocycles. The van der Waals surface area contributed by atoms with Gasteiger partial charge in [-0.3, -0.25) is 0 Å². The van der Waals surface area contributed by atoms with Crippen LogP contribution in [0.4, 0.5) is 0 Å². The van der Waals surface area contributed by atoms with Crippen LogP contribution >= 0.6 is 28.5 Å². The second kappa shape index (κ2) is 10.7. The number of benzene rings is 1. The van der Waals surface area contributed by atoms with E-state index in [2.05, 4.69) is 68.4 Å². The average Bonchev–Trinajstić information content (AvgIpc) is 3.39. The molecule has 0 bridgehead atoms. The van der Waals surface area contributed by atoms with E-state index in [9.17, 15) is 0 Å². The van der Waals surface area contributed by atoms with Crippen LogP contribution in [0.25, 0.3) is 0 Å². The Bertz CT molecular complexity index is 1050. The maximum absolute atomic E-state index is 5.66. The Morgan fingerprint density at radius 3 is 2.81 bits per heavy atom. The third-order valence-corrected chi connectivity index (χ3v) is 6.29. The van der Waals surface area contributed by atoms with Crippen molar-refractivity contribution in [3.05, 3.63) is 71.1 Å². The minimum atomic E-state index is -0.0701. The molecule has 0 aliphatic carbocycles. The van der Waals surface area contributed by atoms with Crippen LogP contribution in [0, 0.1) is 11.8 Å². The van der Waals surface area contributed by atoms with Gasteiger partial charge in [-0.15, -0.1) is 0 Å². The number of nitrogens with zero attached hydrogens (tertiary/aromatic N) is 3. The number of nitrogens with one attached hydrogen (secondary N) is 1. The molecule has 1 N–H and O–H groups in total. The van der Waals surface area contributed by atoms with Crippen LogP contribution in [0.1, 0.15) is 54.4 Å². The third kappa shape index (κ3) is 5.93. The normalized spacial score (nSPS) is 16.1. The van der Waals surface area contributed by atoms with Crippen molar-refractivity contribution in [2.75, 3.05) is 13.2 Å². The van der Waals surface area contributed by atoms with Crippen LogP contribution in [0.2, 0.25) is 0 Å². The van der Waals surface area contributed by atoms with E-state index < -0.39 is 0 Å². The van der Waals surface area contributed by atoms with Crippen LogP contribution in [-0.2, 0) is 15.8 Å². The van der Waals surface area contributed by atoms with E-state index in [1.165, 1.54) is 5.56 Å². The summed E-state index contributed by atoms with van der Waals surface area (Å²) in [6.45, 7) is 6.69. The van der Waals surface area contributed by atoms with Gasteiger partial charge in [0.25, 0.3) is 0 Å². The number of halogens is 1. The molecule has 1 aliphatic rings. The number of hydrogen-bond donors (Lipinski definition) is 1. The van der Waals surface area contributed by atoms with Gasteiger partial charge in [0.1, 0.15) is 17.6 Å². The Balaban J connectivity index is 1.37. The molecular weight excluding hydrogens is 526 g/mol. The minimum Gasteiger partial charge on any atom is -0.378 e. The molecule has 1 aliphatic heterocycles. The van der Waals surface area contributed by atoms with E-state index >= 15 is 0 Å². The van der Waals surface area contributed by atoms with Crippen LogP contribution in [-0.4, -0.2) is 34.0 Å². The van der Waals surface area contributed by atoms with E-state index in [4.69, 9.17) is 13.8 Å². The largest absolute Gasteiger partial charge is 0.378 e. The quantitative estimate of drug-likeness (QED) is 0.255. The fraction of sp³-hybridized carbons (Fsp3) is 0.364. The van der Waals surface area contributed by atoms with E-state index in [1.807, 2.05) is 35.9 Å². The Hall–Kier alpha value is -1.76. The molecule has 4 rings (SSSR count). The number of rotatable bonds is 8. The minimum absolute atomic E-state index is 0.0701. The van der Waals surface area contributed by atoms with Crippen molar-refractivity contribution in [2.24, 2.45) is 0 Å². The molecule has 9 heteroatoms. The maximum Gasteiger partial charge on any atom is 0.210 e. The predicted octanol–water partition coefficient (Wildman–Crippen LogP) is 4.39. The van der Waals surface area contributed by atoms with Crippen molar-refractivity contribution in [1.29, 1.82) is 0 Å². The van der Waals surface area contributed by atoms with Gasteiger partial charge in [-0.05, 0) is 59.5 Å². The van der Waals surface area contributed by atoms with Gasteiger partial charge in [0.15, 0.2) is 0 Å². The van der Waals surface area contributed by atoms with Crippen molar-refractivity contribution in [1.82, 2.24) is 20.0 Å². The van der Waals surface area contributed by atoms with E-state index in [0.717, 1.165) is 30.3 Å². The summed E-state index contributed by atoms with van der Waals surface area (Å²) in [6, 6.07) is 10.9. The third-order valence-electron chi connectivity index (χ3n) is 5.09. The molecule has 3 aromatic rings. The Kier molecular flexibility index (Phi) is 7.75. The summed E-state index contributed by atoms with van der Waals surface area (Å²) in [5, 5.41) is 7.69. The van der Waals surface area contributed by atoms with Crippen LogP contribution in [0.5, 0.6) is 0 Å². The lowest BCUT2D eigenvalue weighted by Crippen LogP contribution is -2.46. The van der Waals surface area contributed by atoms with Gasteiger partial charge >= 0.3 is 0 Å². The predicted molar refractivity (Wildman–Crippen MR) is 128 cm³/mol. The number of hydrogen-bond acceptors (Lipinski definition) is 6. The fourth-order valence-electron chi connectivity index (χ4n) is 3.32. The summed E-state index contributed by atoms with van der Waals surface area (Å²) in [4.78, 5) is 4.40. The molecule has 7 nitrogen and oxygen atoms in total. The first kappa shape index (κ1) is 22.4. The van der Waals surface area contributed by atoms with Crippen LogP contribution < -0.4 is 5.32 Å². The van der Waals surface area contributed by atoms with Gasteiger partial charge in [0.2, 0.25) is 5.76 Å². The summed E-state index contributed by atoms with van der Waals surface area (Å²) < 4.78 is 18.3. The first-order valence-electron chi connectivity index (χ1n) is 10.1. The molecule has 1 saturated heterocycles. The molecule has 3 heterocycles. The Morgan fingerprint density at radius 1 is 1.29 bits per heavy atom. The molecule has 2 aromatic heterocycles. The lowest BCUT2D eigenvalue weighted by Gasteiger charge is -2.30. The second-order valence-electron chi connectivity index (χ2n) is 7.43. The van der Waals surface area contributed by atoms with Gasteiger partial charge in [-0.2, -0.15) is 0 Å². The molecule has 3 atom stereocenters. The molecule has 31 heavy (non-hydrogen) atoms. The van der Waals surface area contributed by atoms with Gasteiger partial charge < -0.3 is 23.7 Å². The summed E-state index contributed by atoms with van der Waals surface area (Å²) in [6.07, 6.45) is 3.62. The van der Waals surface area contributed by atoms with E-state index in [1.54, 1.807) is 6.20 Å². The molecule has 0 amide bonds.